The lowest BCUT2D eigenvalue weighted by molar-refractivity contribution is 0.0986. The van der Waals surface area contributed by atoms with Crippen LogP contribution in [0.4, 0.5) is 5.13 Å². The molecule has 8 heteroatoms. The monoisotopic (exact) mass is 471 g/mol. The van der Waals surface area contributed by atoms with E-state index in [2.05, 4.69) is 24.0 Å². The molecule has 0 aliphatic heterocycles. The molecule has 0 atom stereocenters. The van der Waals surface area contributed by atoms with Gasteiger partial charge in [0.15, 0.2) is 5.13 Å². The average molecular weight is 473 g/mol. The predicted octanol–water partition coefficient (Wildman–Crippen LogP) is 6.24. The molecule has 3 aromatic rings. The number of thiazole rings is 1. The summed E-state index contributed by atoms with van der Waals surface area (Å²) in [5, 5.41) is 1.59. The summed E-state index contributed by atoms with van der Waals surface area (Å²) in [5.41, 5.74) is 3.69. The molecule has 0 saturated heterocycles. The number of rotatable bonds is 6. The Morgan fingerprint density at radius 3 is 2.24 bits per heavy atom. The molecule has 4 nitrogen and oxygen atoms in total. The topological polar surface area (TPSA) is 36.4 Å². The van der Waals surface area contributed by atoms with Crippen LogP contribution >= 0.6 is 46.9 Å². The van der Waals surface area contributed by atoms with Crippen LogP contribution in [0.2, 0.25) is 10.0 Å². The van der Waals surface area contributed by atoms with Crippen molar-refractivity contribution >= 4 is 68.2 Å². The zero-order chi connectivity index (χ0) is 20.4. The number of fused-ring (bicyclic) bond motifs is 1. The number of aryl methyl sites for hydroxylation is 2. The van der Waals surface area contributed by atoms with Crippen molar-refractivity contribution in [3.63, 3.8) is 0 Å². The number of halogens is 3. The fraction of sp³-hybridized carbons (Fsp3) is 0.333. The number of hydrogen-bond donors (Lipinski definition) is 0. The number of benzene rings is 2. The first kappa shape index (κ1) is 23.9. The van der Waals surface area contributed by atoms with Gasteiger partial charge in [-0.05, 0) is 70.2 Å². The molecule has 0 fully saturated rings. The standard InChI is InChI=1S/C21H23Cl2N3OS.ClH/c1-13-6-7-14(2)19-18(13)24-21(28-19)26(9-5-8-25(3)4)20(27)15-10-16(22)12-17(23)11-15;/h6-7,10-12H,5,8-9H2,1-4H3;1H. The van der Waals surface area contributed by atoms with Gasteiger partial charge in [-0.15, -0.1) is 12.4 Å². The number of carbonyl (C=O) groups is 1. The second kappa shape index (κ2) is 10.1. The molecule has 1 aromatic heterocycles. The van der Waals surface area contributed by atoms with Gasteiger partial charge in [0.25, 0.3) is 5.91 Å². The third-order valence-electron chi connectivity index (χ3n) is 4.50. The van der Waals surface area contributed by atoms with Crippen LogP contribution < -0.4 is 4.90 Å². The van der Waals surface area contributed by atoms with Crippen molar-refractivity contribution < 1.29 is 4.79 Å². The van der Waals surface area contributed by atoms with E-state index in [4.69, 9.17) is 28.2 Å². The van der Waals surface area contributed by atoms with Crippen LogP contribution in [0, 0.1) is 13.8 Å². The smallest absolute Gasteiger partial charge is 0.260 e. The molecule has 2 aromatic carbocycles. The van der Waals surface area contributed by atoms with Crippen LogP contribution in [0.1, 0.15) is 27.9 Å². The van der Waals surface area contributed by atoms with Crippen LogP contribution in [-0.2, 0) is 0 Å². The molecule has 0 spiro atoms. The molecule has 156 valence electrons. The minimum Gasteiger partial charge on any atom is -0.309 e. The molecule has 0 aliphatic carbocycles. The van der Waals surface area contributed by atoms with Crippen molar-refractivity contribution in [1.29, 1.82) is 0 Å². The summed E-state index contributed by atoms with van der Waals surface area (Å²) in [6.07, 6.45) is 0.834. The van der Waals surface area contributed by atoms with Crippen molar-refractivity contribution in [3.8, 4) is 0 Å². The molecule has 0 unspecified atom stereocenters. The second-order valence-corrected chi connectivity index (χ2v) is 9.00. The van der Waals surface area contributed by atoms with Crippen LogP contribution in [0.25, 0.3) is 10.2 Å². The molecule has 0 N–H and O–H groups in total. The normalized spacial score (nSPS) is 11.0. The van der Waals surface area contributed by atoms with E-state index < -0.39 is 0 Å². The summed E-state index contributed by atoms with van der Waals surface area (Å²) in [5.74, 6) is -0.141. The Bertz CT molecular complexity index is 961. The molecule has 1 heterocycles. The number of aromatic nitrogens is 1. The van der Waals surface area contributed by atoms with E-state index in [1.807, 2.05) is 21.0 Å². The molecule has 0 radical (unpaired) electrons. The highest BCUT2D eigenvalue weighted by molar-refractivity contribution is 7.22. The lowest BCUT2D eigenvalue weighted by atomic mass is 10.1. The first-order valence-corrected chi connectivity index (χ1v) is 10.6. The maximum Gasteiger partial charge on any atom is 0.260 e. The summed E-state index contributed by atoms with van der Waals surface area (Å²) >= 11 is 13.8. The van der Waals surface area contributed by atoms with Crippen molar-refractivity contribution in [1.82, 2.24) is 9.88 Å². The second-order valence-electron chi connectivity index (χ2n) is 7.15. The van der Waals surface area contributed by atoms with Crippen LogP contribution in [-0.4, -0.2) is 43.0 Å². The summed E-state index contributed by atoms with van der Waals surface area (Å²) in [6.45, 7) is 5.56. The third-order valence-corrected chi connectivity index (χ3v) is 6.15. The van der Waals surface area contributed by atoms with E-state index in [9.17, 15) is 4.79 Å². The molecular weight excluding hydrogens is 449 g/mol. The largest absolute Gasteiger partial charge is 0.309 e. The maximum absolute atomic E-state index is 13.3. The molecule has 0 aliphatic rings. The van der Waals surface area contributed by atoms with E-state index in [0.717, 1.165) is 34.3 Å². The minimum absolute atomic E-state index is 0. The van der Waals surface area contributed by atoms with Crippen LogP contribution in [0.3, 0.4) is 0 Å². The van der Waals surface area contributed by atoms with Gasteiger partial charge >= 0.3 is 0 Å². The number of nitrogens with zero attached hydrogens (tertiary/aromatic N) is 3. The summed E-state index contributed by atoms with van der Waals surface area (Å²) < 4.78 is 1.12. The lowest BCUT2D eigenvalue weighted by Gasteiger charge is -2.21. The van der Waals surface area contributed by atoms with Crippen molar-refractivity contribution in [2.75, 3.05) is 32.1 Å². The van der Waals surface area contributed by atoms with Crippen LogP contribution in [0.5, 0.6) is 0 Å². The minimum atomic E-state index is -0.141. The van der Waals surface area contributed by atoms with E-state index in [-0.39, 0.29) is 18.3 Å². The third kappa shape index (κ3) is 5.62. The molecule has 1 amide bonds. The van der Waals surface area contributed by atoms with Gasteiger partial charge in [0.2, 0.25) is 0 Å². The van der Waals surface area contributed by atoms with Crippen LogP contribution in [0.15, 0.2) is 30.3 Å². The summed E-state index contributed by atoms with van der Waals surface area (Å²) in [4.78, 5) is 22.0. The Morgan fingerprint density at radius 1 is 1.03 bits per heavy atom. The molecular formula is C21H24Cl3N3OS. The van der Waals surface area contributed by atoms with Gasteiger partial charge in [0.1, 0.15) is 0 Å². The summed E-state index contributed by atoms with van der Waals surface area (Å²) in [6, 6.07) is 9.09. The van der Waals surface area contributed by atoms with Gasteiger partial charge in [-0.25, -0.2) is 4.98 Å². The van der Waals surface area contributed by atoms with Gasteiger partial charge in [0.05, 0.1) is 10.2 Å². The molecule has 0 bridgehead atoms. The number of amides is 1. The molecule has 0 saturated carbocycles. The zero-order valence-electron chi connectivity index (χ0n) is 16.8. The molecule has 29 heavy (non-hydrogen) atoms. The highest BCUT2D eigenvalue weighted by atomic mass is 35.5. The SMILES string of the molecule is Cc1ccc(C)c2sc(N(CCCN(C)C)C(=O)c3cc(Cl)cc(Cl)c3)nc12.Cl. The highest BCUT2D eigenvalue weighted by Crippen LogP contribution is 2.34. The Kier molecular flexibility index (Phi) is 8.32. The van der Waals surface area contributed by atoms with E-state index in [1.54, 1.807) is 34.4 Å². The van der Waals surface area contributed by atoms with Crippen molar-refractivity contribution in [2.45, 2.75) is 20.3 Å². The van der Waals surface area contributed by atoms with Gasteiger partial charge in [-0.3, -0.25) is 9.69 Å². The Hall–Kier alpha value is -1.37. The van der Waals surface area contributed by atoms with Gasteiger partial charge in [-0.2, -0.15) is 0 Å². The first-order chi connectivity index (χ1) is 13.3. The van der Waals surface area contributed by atoms with Gasteiger partial charge in [0, 0.05) is 22.2 Å². The first-order valence-electron chi connectivity index (χ1n) is 9.05. The maximum atomic E-state index is 13.3. The number of anilines is 1. The summed E-state index contributed by atoms with van der Waals surface area (Å²) in [7, 11) is 4.04. The number of carbonyl (C=O) groups excluding carboxylic acids is 1. The Labute approximate surface area is 191 Å². The zero-order valence-corrected chi connectivity index (χ0v) is 20.0. The van der Waals surface area contributed by atoms with E-state index in [0.29, 0.717) is 27.3 Å². The quantitative estimate of drug-likeness (QED) is 0.426. The Balaban J connectivity index is 0.00000300. The molecule has 3 rings (SSSR count). The average Bonchev–Trinajstić information content (AvgIpc) is 3.07. The Morgan fingerprint density at radius 2 is 1.66 bits per heavy atom. The van der Waals surface area contributed by atoms with E-state index >= 15 is 0 Å². The van der Waals surface area contributed by atoms with E-state index in [1.165, 1.54) is 0 Å². The fourth-order valence-electron chi connectivity index (χ4n) is 3.03. The predicted molar refractivity (Wildman–Crippen MR) is 128 cm³/mol. The fourth-order valence-corrected chi connectivity index (χ4v) is 4.69. The number of hydrogen-bond acceptors (Lipinski definition) is 4. The van der Waals surface area contributed by atoms with Gasteiger partial charge in [-0.1, -0.05) is 46.7 Å². The lowest BCUT2D eigenvalue weighted by Crippen LogP contribution is -2.33. The van der Waals surface area contributed by atoms with Gasteiger partial charge < -0.3 is 4.90 Å². The highest BCUT2D eigenvalue weighted by Gasteiger charge is 2.22. The van der Waals surface area contributed by atoms with Crippen molar-refractivity contribution in [3.05, 3.63) is 57.1 Å². The van der Waals surface area contributed by atoms with Crippen molar-refractivity contribution in [2.24, 2.45) is 0 Å².